The first-order valence-electron chi connectivity index (χ1n) is 7.63. The number of benzene rings is 1. The Morgan fingerprint density at radius 3 is 2.35 bits per heavy atom. The molecule has 0 atom stereocenters. The Morgan fingerprint density at radius 2 is 1.70 bits per heavy atom. The van der Waals surface area contributed by atoms with E-state index in [1.807, 2.05) is 0 Å². The number of nitrogens with one attached hydrogen (secondary N) is 1. The first-order chi connectivity index (χ1) is 11.1. The number of carbonyl (C=O) groups is 4. The lowest BCUT2D eigenvalue weighted by Gasteiger charge is -2.07. The van der Waals surface area contributed by atoms with E-state index in [0.29, 0.717) is 31.1 Å². The number of hydrogen-bond donors (Lipinski definition) is 2. The molecule has 2 N–H and O–H groups in total. The highest BCUT2D eigenvalue weighted by molar-refractivity contribution is 6.02. The molecular formula is C17H21NO5. The van der Waals surface area contributed by atoms with Crippen LogP contribution in [0.25, 0.3) is 0 Å². The summed E-state index contributed by atoms with van der Waals surface area (Å²) >= 11 is 0. The van der Waals surface area contributed by atoms with Gasteiger partial charge < -0.3 is 10.4 Å². The molecule has 1 amide bonds. The molecule has 0 saturated carbocycles. The predicted octanol–water partition coefficient (Wildman–Crippen LogP) is 2.47. The minimum Gasteiger partial charge on any atom is -0.481 e. The Kier molecular flexibility index (Phi) is 8.28. The fraction of sp³-hybridized carbons (Fsp3) is 0.412. The Labute approximate surface area is 134 Å². The first kappa shape index (κ1) is 18.5. The average Bonchev–Trinajstić information content (AvgIpc) is 2.56. The summed E-state index contributed by atoms with van der Waals surface area (Å²) in [6.07, 6.45) is 5.54. The van der Waals surface area contributed by atoms with Crippen molar-refractivity contribution in [2.45, 2.75) is 38.5 Å². The maximum Gasteiger partial charge on any atom is 0.303 e. The summed E-state index contributed by atoms with van der Waals surface area (Å²) in [5.41, 5.74) is 0.798. The van der Waals surface area contributed by atoms with Gasteiger partial charge >= 0.3 is 5.97 Å². The zero-order valence-corrected chi connectivity index (χ0v) is 12.9. The number of carboxylic acids is 1. The lowest BCUT2D eigenvalue weighted by molar-refractivity contribution is -0.137. The monoisotopic (exact) mass is 319 g/mol. The first-order valence-corrected chi connectivity index (χ1v) is 7.63. The van der Waals surface area contributed by atoms with Gasteiger partial charge in [-0.2, -0.15) is 0 Å². The fourth-order valence-corrected chi connectivity index (χ4v) is 2.18. The molecule has 6 nitrogen and oxygen atoms in total. The molecule has 0 unspecified atom stereocenters. The van der Waals surface area contributed by atoms with E-state index < -0.39 is 5.97 Å². The lowest BCUT2D eigenvalue weighted by Crippen LogP contribution is -2.25. The van der Waals surface area contributed by atoms with E-state index in [-0.39, 0.29) is 23.5 Å². The van der Waals surface area contributed by atoms with Gasteiger partial charge in [0, 0.05) is 24.1 Å². The summed E-state index contributed by atoms with van der Waals surface area (Å²) in [7, 11) is 0. The summed E-state index contributed by atoms with van der Waals surface area (Å²) < 4.78 is 0. The van der Waals surface area contributed by atoms with Crippen LogP contribution >= 0.6 is 0 Å². The van der Waals surface area contributed by atoms with Gasteiger partial charge in [-0.1, -0.05) is 31.4 Å². The van der Waals surface area contributed by atoms with Crippen molar-refractivity contribution < 1.29 is 24.3 Å². The summed E-state index contributed by atoms with van der Waals surface area (Å²) in [5.74, 6) is -1.15. The molecule has 0 heterocycles. The second kappa shape index (κ2) is 10.3. The second-order valence-electron chi connectivity index (χ2n) is 5.25. The topological polar surface area (TPSA) is 101 Å². The number of amides is 1. The molecule has 0 radical (unpaired) electrons. The second-order valence-corrected chi connectivity index (χ2v) is 5.25. The molecule has 0 aliphatic heterocycles. The van der Waals surface area contributed by atoms with E-state index in [1.165, 1.54) is 18.2 Å². The van der Waals surface area contributed by atoms with E-state index in [4.69, 9.17) is 5.11 Å². The van der Waals surface area contributed by atoms with Crippen LogP contribution in [0, 0.1) is 0 Å². The fourth-order valence-electron chi connectivity index (χ4n) is 2.18. The van der Waals surface area contributed by atoms with Crippen LogP contribution in [0.4, 0.5) is 0 Å². The predicted molar refractivity (Wildman–Crippen MR) is 84.9 cm³/mol. The van der Waals surface area contributed by atoms with Crippen molar-refractivity contribution in [2.75, 3.05) is 6.54 Å². The molecule has 0 aliphatic carbocycles. The highest BCUT2D eigenvalue weighted by atomic mass is 16.4. The van der Waals surface area contributed by atoms with Gasteiger partial charge in [0.05, 0.1) is 5.56 Å². The standard InChI is InChI=1S/C17H21NO5/c19-11-13-7-8-14(12-20)15(10-13)17(23)18-9-5-3-1-2-4-6-16(21)22/h7-8,10-12H,1-6,9H2,(H,18,23)(H,21,22). The summed E-state index contributed by atoms with van der Waals surface area (Å²) in [6.45, 7) is 0.474. The SMILES string of the molecule is O=Cc1ccc(C=O)c(C(=O)NCCCCCCCC(=O)O)c1. The quantitative estimate of drug-likeness (QED) is 0.482. The number of unbranched alkanes of at least 4 members (excludes halogenated alkanes) is 4. The number of carbonyl (C=O) groups excluding carboxylic acids is 3. The minimum atomic E-state index is -0.777. The van der Waals surface area contributed by atoms with E-state index in [2.05, 4.69) is 5.32 Å². The molecule has 23 heavy (non-hydrogen) atoms. The van der Waals surface area contributed by atoms with Crippen LogP contribution in [0.3, 0.4) is 0 Å². The number of aldehydes is 2. The van der Waals surface area contributed by atoms with Crippen LogP contribution in [-0.4, -0.2) is 36.1 Å². The van der Waals surface area contributed by atoms with Crippen LogP contribution in [0.2, 0.25) is 0 Å². The van der Waals surface area contributed by atoms with Gasteiger partial charge in [-0.25, -0.2) is 0 Å². The summed E-state index contributed by atoms with van der Waals surface area (Å²) in [5, 5.41) is 11.2. The Bertz CT molecular complexity index is 568. The zero-order chi connectivity index (χ0) is 17.1. The van der Waals surface area contributed by atoms with E-state index >= 15 is 0 Å². The average molecular weight is 319 g/mol. The molecule has 0 bridgehead atoms. The third-order valence-corrected chi connectivity index (χ3v) is 3.44. The van der Waals surface area contributed by atoms with E-state index in [9.17, 15) is 19.2 Å². The summed E-state index contributed by atoms with van der Waals surface area (Å²) in [4.78, 5) is 44.1. The van der Waals surface area contributed by atoms with Crippen LogP contribution < -0.4 is 5.32 Å². The molecule has 6 heteroatoms. The molecular weight excluding hydrogens is 298 g/mol. The van der Waals surface area contributed by atoms with Crippen molar-refractivity contribution in [3.8, 4) is 0 Å². The molecule has 0 aromatic heterocycles. The van der Waals surface area contributed by atoms with Crippen LogP contribution in [0.5, 0.6) is 0 Å². The Morgan fingerprint density at radius 1 is 1.00 bits per heavy atom. The van der Waals surface area contributed by atoms with Gasteiger partial charge in [0.1, 0.15) is 6.29 Å². The van der Waals surface area contributed by atoms with Gasteiger partial charge in [0.15, 0.2) is 6.29 Å². The zero-order valence-electron chi connectivity index (χ0n) is 12.9. The van der Waals surface area contributed by atoms with Crippen molar-refractivity contribution >= 4 is 24.4 Å². The van der Waals surface area contributed by atoms with Crippen molar-refractivity contribution in [1.82, 2.24) is 5.32 Å². The third kappa shape index (κ3) is 6.86. The van der Waals surface area contributed by atoms with Gasteiger partial charge in [-0.05, 0) is 18.9 Å². The maximum absolute atomic E-state index is 12.1. The maximum atomic E-state index is 12.1. The molecule has 0 fully saturated rings. The van der Waals surface area contributed by atoms with Gasteiger partial charge in [-0.3, -0.25) is 19.2 Å². The lowest BCUT2D eigenvalue weighted by atomic mass is 10.0. The number of aliphatic carboxylic acids is 1. The Hall–Kier alpha value is -2.50. The van der Waals surface area contributed by atoms with Crippen molar-refractivity contribution in [3.05, 3.63) is 34.9 Å². The van der Waals surface area contributed by atoms with Gasteiger partial charge in [0.2, 0.25) is 0 Å². The van der Waals surface area contributed by atoms with E-state index in [0.717, 1.165) is 25.7 Å². The van der Waals surface area contributed by atoms with Crippen molar-refractivity contribution in [3.63, 3.8) is 0 Å². The molecule has 1 aromatic rings. The van der Waals surface area contributed by atoms with E-state index in [1.54, 1.807) is 0 Å². The molecule has 1 aromatic carbocycles. The highest BCUT2D eigenvalue weighted by Gasteiger charge is 2.11. The highest BCUT2D eigenvalue weighted by Crippen LogP contribution is 2.10. The smallest absolute Gasteiger partial charge is 0.303 e. The molecule has 124 valence electrons. The largest absolute Gasteiger partial charge is 0.481 e. The van der Waals surface area contributed by atoms with Crippen molar-refractivity contribution in [2.24, 2.45) is 0 Å². The minimum absolute atomic E-state index is 0.193. The van der Waals surface area contributed by atoms with Crippen LogP contribution in [0.1, 0.15) is 69.6 Å². The van der Waals surface area contributed by atoms with Crippen LogP contribution in [-0.2, 0) is 4.79 Å². The van der Waals surface area contributed by atoms with Gasteiger partial charge in [0.25, 0.3) is 5.91 Å². The van der Waals surface area contributed by atoms with Gasteiger partial charge in [-0.15, -0.1) is 0 Å². The molecule has 0 saturated heterocycles. The van der Waals surface area contributed by atoms with Crippen molar-refractivity contribution in [1.29, 1.82) is 0 Å². The number of hydrogen-bond acceptors (Lipinski definition) is 4. The number of rotatable bonds is 11. The van der Waals surface area contributed by atoms with Crippen LogP contribution in [0.15, 0.2) is 18.2 Å². The molecule has 0 spiro atoms. The normalized spacial score (nSPS) is 10.1. The molecule has 0 aliphatic rings. The molecule has 1 rings (SSSR count). The number of carboxylic acid groups (broad SMARTS) is 1. The Balaban J connectivity index is 2.33. The third-order valence-electron chi connectivity index (χ3n) is 3.44. The summed E-state index contributed by atoms with van der Waals surface area (Å²) in [6, 6.07) is 4.34.